The summed E-state index contributed by atoms with van der Waals surface area (Å²) in [6.45, 7) is 6.96. The highest BCUT2D eigenvalue weighted by molar-refractivity contribution is 6.06. The minimum atomic E-state index is -0.536. The van der Waals surface area contributed by atoms with E-state index in [2.05, 4.69) is 7.05 Å². The van der Waals surface area contributed by atoms with Gasteiger partial charge in [0.1, 0.15) is 19.7 Å². The first-order chi connectivity index (χ1) is 13.2. The van der Waals surface area contributed by atoms with Crippen molar-refractivity contribution in [3.63, 3.8) is 0 Å². The van der Waals surface area contributed by atoms with Crippen molar-refractivity contribution in [2.45, 2.75) is 52.0 Å². The summed E-state index contributed by atoms with van der Waals surface area (Å²) in [6.07, 6.45) is 3.02. The Labute approximate surface area is 166 Å². The Morgan fingerprint density at radius 3 is 2.39 bits per heavy atom. The predicted octanol–water partition coefficient (Wildman–Crippen LogP) is 0.546. The number of carbonyl (C=O) groups excluding carboxylic acids is 4. The first kappa shape index (κ1) is 20.8. The van der Waals surface area contributed by atoms with Gasteiger partial charge in [-0.2, -0.15) is 0 Å². The fourth-order valence-electron chi connectivity index (χ4n) is 4.61. The normalized spacial score (nSPS) is 30.8. The summed E-state index contributed by atoms with van der Waals surface area (Å²) in [5.41, 5.74) is -0.536. The van der Waals surface area contributed by atoms with Gasteiger partial charge in [-0.1, -0.05) is 0 Å². The average Bonchev–Trinajstić information content (AvgIpc) is 3.12. The van der Waals surface area contributed by atoms with Gasteiger partial charge in [-0.25, -0.2) is 0 Å². The van der Waals surface area contributed by atoms with Gasteiger partial charge >= 0.3 is 5.97 Å². The molecule has 8 nitrogen and oxygen atoms in total. The highest BCUT2D eigenvalue weighted by Crippen LogP contribution is 2.44. The van der Waals surface area contributed by atoms with Crippen LogP contribution in [0, 0.1) is 5.41 Å². The highest BCUT2D eigenvalue weighted by atomic mass is 16.5. The van der Waals surface area contributed by atoms with Crippen molar-refractivity contribution in [3.8, 4) is 0 Å². The van der Waals surface area contributed by atoms with Crippen LogP contribution in [0.5, 0.6) is 0 Å². The standard InChI is InChI=1S/C20H32N3O5/c1-15(2)22-17(25)13-20(19(22)27)6-9-23(3,10-7-20)11-12-28-18(26)14-21-8-4-5-16(21)24/h15H,4-14H2,1-3H3/q+1. The van der Waals surface area contributed by atoms with E-state index < -0.39 is 5.41 Å². The molecule has 0 bridgehead atoms. The lowest BCUT2D eigenvalue weighted by molar-refractivity contribution is -0.916. The van der Waals surface area contributed by atoms with Crippen LogP contribution in [0.15, 0.2) is 0 Å². The number of hydrogen-bond acceptors (Lipinski definition) is 5. The summed E-state index contributed by atoms with van der Waals surface area (Å²) in [6, 6.07) is -0.0934. The van der Waals surface area contributed by atoms with E-state index in [0.717, 1.165) is 24.0 Å². The molecule has 3 heterocycles. The van der Waals surface area contributed by atoms with E-state index in [1.807, 2.05) is 13.8 Å². The van der Waals surface area contributed by atoms with Gasteiger partial charge in [-0.3, -0.25) is 24.1 Å². The molecule has 156 valence electrons. The Bertz CT molecular complexity index is 667. The summed E-state index contributed by atoms with van der Waals surface area (Å²) in [4.78, 5) is 51.6. The SMILES string of the molecule is CC(C)N1C(=O)CC2(CC[N+](C)(CCOC(=O)CN3CCCC3=O)CC2)C1=O. The molecule has 1 spiro atoms. The van der Waals surface area contributed by atoms with Gasteiger partial charge in [0.2, 0.25) is 17.7 Å². The van der Waals surface area contributed by atoms with Crippen LogP contribution >= 0.6 is 0 Å². The van der Waals surface area contributed by atoms with Crippen LogP contribution in [0.3, 0.4) is 0 Å². The molecule has 0 aromatic carbocycles. The second-order valence-corrected chi connectivity index (χ2v) is 9.05. The maximum absolute atomic E-state index is 12.8. The van der Waals surface area contributed by atoms with Crippen molar-refractivity contribution in [1.29, 1.82) is 0 Å². The van der Waals surface area contributed by atoms with Crippen molar-refractivity contribution in [2.24, 2.45) is 5.41 Å². The summed E-state index contributed by atoms with van der Waals surface area (Å²) in [5.74, 6) is -0.412. The molecular formula is C20H32N3O5+. The van der Waals surface area contributed by atoms with Crippen molar-refractivity contribution in [1.82, 2.24) is 9.80 Å². The Balaban J connectivity index is 1.46. The third-order valence-electron chi connectivity index (χ3n) is 6.59. The number of nitrogens with zero attached hydrogens (tertiary/aromatic N) is 3. The lowest BCUT2D eigenvalue weighted by Crippen LogP contribution is -2.56. The Hall–Kier alpha value is -1.96. The van der Waals surface area contributed by atoms with Crippen molar-refractivity contribution < 1.29 is 28.4 Å². The van der Waals surface area contributed by atoms with Crippen LogP contribution in [0.2, 0.25) is 0 Å². The molecule has 0 unspecified atom stereocenters. The number of esters is 1. The number of quaternary nitrogens is 1. The average molecular weight is 394 g/mol. The van der Waals surface area contributed by atoms with Crippen molar-refractivity contribution >= 4 is 23.7 Å². The van der Waals surface area contributed by atoms with E-state index in [1.165, 1.54) is 4.90 Å². The van der Waals surface area contributed by atoms with Crippen LogP contribution in [0.4, 0.5) is 0 Å². The maximum atomic E-state index is 12.8. The van der Waals surface area contributed by atoms with Crippen LogP contribution in [0.1, 0.15) is 46.0 Å². The second kappa shape index (κ2) is 7.81. The molecule has 3 fully saturated rings. The van der Waals surface area contributed by atoms with Crippen LogP contribution in [-0.2, 0) is 23.9 Å². The molecule has 3 aliphatic heterocycles. The molecule has 28 heavy (non-hydrogen) atoms. The van der Waals surface area contributed by atoms with Crippen LogP contribution in [0.25, 0.3) is 0 Å². The molecule has 0 N–H and O–H groups in total. The largest absolute Gasteiger partial charge is 0.458 e. The Morgan fingerprint density at radius 1 is 1.18 bits per heavy atom. The summed E-state index contributed by atoms with van der Waals surface area (Å²) < 4.78 is 6.07. The quantitative estimate of drug-likeness (QED) is 0.373. The number of ether oxygens (including phenoxy) is 1. The molecule has 0 aromatic heterocycles. The molecule has 3 amide bonds. The molecule has 0 aromatic rings. The molecular weight excluding hydrogens is 362 g/mol. The third-order valence-corrected chi connectivity index (χ3v) is 6.59. The molecule has 3 rings (SSSR count). The van der Waals surface area contributed by atoms with E-state index in [9.17, 15) is 19.2 Å². The van der Waals surface area contributed by atoms with Crippen molar-refractivity contribution in [3.05, 3.63) is 0 Å². The van der Waals surface area contributed by atoms with E-state index in [0.29, 0.717) is 45.4 Å². The second-order valence-electron chi connectivity index (χ2n) is 9.05. The van der Waals surface area contributed by atoms with Gasteiger partial charge in [0.15, 0.2) is 0 Å². The number of rotatable bonds is 6. The fraction of sp³-hybridized carbons (Fsp3) is 0.800. The summed E-state index contributed by atoms with van der Waals surface area (Å²) in [7, 11) is 2.10. The number of likely N-dealkylation sites (tertiary alicyclic amines) is 3. The van der Waals surface area contributed by atoms with E-state index in [-0.39, 0.29) is 36.3 Å². The van der Waals surface area contributed by atoms with E-state index in [1.54, 1.807) is 4.90 Å². The molecule has 0 radical (unpaired) electrons. The number of imide groups is 1. The first-order valence-electron chi connectivity index (χ1n) is 10.3. The molecule has 0 atom stereocenters. The number of likely N-dealkylation sites (N-methyl/N-ethyl adjacent to an activating group) is 1. The highest BCUT2D eigenvalue weighted by Gasteiger charge is 2.55. The lowest BCUT2D eigenvalue weighted by atomic mass is 9.76. The zero-order valence-corrected chi connectivity index (χ0v) is 17.2. The van der Waals surface area contributed by atoms with Gasteiger partial charge in [0, 0.05) is 38.3 Å². The maximum Gasteiger partial charge on any atom is 0.325 e. The van der Waals surface area contributed by atoms with Crippen LogP contribution < -0.4 is 0 Å². The summed E-state index contributed by atoms with van der Waals surface area (Å²) >= 11 is 0. The van der Waals surface area contributed by atoms with Gasteiger partial charge in [0.25, 0.3) is 0 Å². The molecule has 0 aliphatic carbocycles. The molecule has 3 saturated heterocycles. The minimum Gasteiger partial charge on any atom is -0.458 e. The molecule has 3 aliphatic rings. The molecule has 0 saturated carbocycles. The van der Waals surface area contributed by atoms with E-state index >= 15 is 0 Å². The number of piperidine rings is 1. The summed E-state index contributed by atoms with van der Waals surface area (Å²) in [5, 5.41) is 0. The smallest absolute Gasteiger partial charge is 0.325 e. The predicted molar refractivity (Wildman–Crippen MR) is 101 cm³/mol. The monoisotopic (exact) mass is 394 g/mol. The van der Waals surface area contributed by atoms with Gasteiger partial charge in [-0.05, 0) is 20.3 Å². The van der Waals surface area contributed by atoms with Gasteiger partial charge in [0.05, 0.1) is 25.6 Å². The topological polar surface area (TPSA) is 84.0 Å². The minimum absolute atomic E-state index is 0.0135. The number of carbonyl (C=O) groups is 4. The Morgan fingerprint density at radius 2 is 1.86 bits per heavy atom. The van der Waals surface area contributed by atoms with E-state index in [4.69, 9.17) is 4.74 Å². The zero-order valence-electron chi connectivity index (χ0n) is 17.2. The first-order valence-corrected chi connectivity index (χ1v) is 10.3. The fourth-order valence-corrected chi connectivity index (χ4v) is 4.61. The Kier molecular flexibility index (Phi) is 5.79. The third kappa shape index (κ3) is 4.06. The zero-order chi connectivity index (χ0) is 20.5. The lowest BCUT2D eigenvalue weighted by Gasteiger charge is -2.43. The molecule has 8 heteroatoms. The van der Waals surface area contributed by atoms with Gasteiger partial charge < -0.3 is 14.1 Å². The van der Waals surface area contributed by atoms with Crippen LogP contribution in [-0.4, -0.2) is 90.4 Å². The van der Waals surface area contributed by atoms with Crippen molar-refractivity contribution in [2.75, 3.05) is 46.4 Å². The number of amides is 3. The van der Waals surface area contributed by atoms with Gasteiger partial charge in [-0.15, -0.1) is 0 Å². The number of hydrogen-bond donors (Lipinski definition) is 0.